The van der Waals surface area contributed by atoms with Crippen LogP contribution in [-0.4, -0.2) is 57.1 Å². The van der Waals surface area contributed by atoms with Gasteiger partial charge in [0.25, 0.3) is 0 Å². The van der Waals surface area contributed by atoms with Gasteiger partial charge in [-0.15, -0.1) is 0 Å². The third-order valence-corrected chi connectivity index (χ3v) is 9.23. The Hall–Kier alpha value is -3.85. The van der Waals surface area contributed by atoms with Gasteiger partial charge in [0, 0.05) is 19.0 Å². The molecule has 1 N–H and O–H groups in total. The first-order valence-electron chi connectivity index (χ1n) is 14.9. The van der Waals surface area contributed by atoms with Crippen molar-refractivity contribution in [2.75, 3.05) is 24.2 Å². The third-order valence-electron chi connectivity index (χ3n) is 8.11. The van der Waals surface area contributed by atoms with Crippen LogP contribution in [0, 0.1) is 13.8 Å². The van der Waals surface area contributed by atoms with Gasteiger partial charge >= 0.3 is 0 Å². The van der Waals surface area contributed by atoms with E-state index in [0.29, 0.717) is 12.2 Å². The van der Waals surface area contributed by atoms with Crippen LogP contribution in [0.25, 0.3) is 0 Å². The van der Waals surface area contributed by atoms with Crippen molar-refractivity contribution in [1.29, 1.82) is 0 Å². The molecule has 3 aromatic carbocycles. The van der Waals surface area contributed by atoms with E-state index in [1.807, 2.05) is 74.5 Å². The summed E-state index contributed by atoms with van der Waals surface area (Å²) in [5.41, 5.74) is 3.88. The first-order chi connectivity index (χ1) is 20.6. The van der Waals surface area contributed by atoms with Crippen molar-refractivity contribution in [3.8, 4) is 5.75 Å². The van der Waals surface area contributed by atoms with Gasteiger partial charge in [-0.3, -0.25) is 13.9 Å². The molecule has 1 atom stereocenters. The molecule has 0 saturated heterocycles. The maximum Gasteiger partial charge on any atom is 0.244 e. The Balaban J connectivity index is 1.76. The normalized spacial score (nSPS) is 14.5. The van der Waals surface area contributed by atoms with Gasteiger partial charge in [0.15, 0.2) is 0 Å². The summed E-state index contributed by atoms with van der Waals surface area (Å²) in [6.07, 6.45) is 6.45. The number of anilines is 1. The van der Waals surface area contributed by atoms with E-state index in [1.165, 1.54) is 7.11 Å². The summed E-state index contributed by atoms with van der Waals surface area (Å²) >= 11 is 0. The molecule has 0 bridgehead atoms. The Kier molecular flexibility index (Phi) is 10.9. The number of nitrogens with zero attached hydrogens (tertiary/aromatic N) is 2. The number of rotatable bonds is 12. The predicted octanol–water partition coefficient (Wildman–Crippen LogP) is 5.17. The van der Waals surface area contributed by atoms with E-state index < -0.39 is 28.5 Å². The third kappa shape index (κ3) is 8.60. The molecule has 9 heteroatoms. The molecule has 230 valence electrons. The Morgan fingerprint density at radius 1 is 0.953 bits per heavy atom. The van der Waals surface area contributed by atoms with Crippen LogP contribution in [0.3, 0.4) is 0 Å². The number of methoxy groups -OCH3 is 1. The Labute approximate surface area is 256 Å². The van der Waals surface area contributed by atoms with Gasteiger partial charge < -0.3 is 15.0 Å². The average molecular weight is 606 g/mol. The summed E-state index contributed by atoms with van der Waals surface area (Å²) in [4.78, 5) is 30.0. The summed E-state index contributed by atoms with van der Waals surface area (Å²) in [7, 11) is -2.43. The van der Waals surface area contributed by atoms with Gasteiger partial charge in [-0.2, -0.15) is 0 Å². The van der Waals surface area contributed by atoms with Crippen molar-refractivity contribution in [1.82, 2.24) is 10.2 Å². The number of benzene rings is 3. The molecule has 3 aromatic rings. The molecule has 0 heterocycles. The number of carbonyl (C=O) groups is 2. The Bertz CT molecular complexity index is 1500. The first-order valence-corrected chi connectivity index (χ1v) is 16.7. The number of nitrogens with one attached hydrogen (secondary N) is 1. The van der Waals surface area contributed by atoms with E-state index in [2.05, 4.69) is 5.32 Å². The molecular formula is C34H43N3O5S. The fourth-order valence-electron chi connectivity index (χ4n) is 5.66. The van der Waals surface area contributed by atoms with Crippen LogP contribution in [-0.2, 0) is 32.6 Å². The molecule has 8 nitrogen and oxygen atoms in total. The van der Waals surface area contributed by atoms with Crippen molar-refractivity contribution in [3.05, 3.63) is 95.1 Å². The van der Waals surface area contributed by atoms with Gasteiger partial charge in [-0.1, -0.05) is 79.9 Å². The van der Waals surface area contributed by atoms with Crippen LogP contribution in [0.5, 0.6) is 5.75 Å². The second-order valence-electron chi connectivity index (χ2n) is 11.4. The minimum absolute atomic E-state index is 0.0546. The van der Waals surface area contributed by atoms with Crippen molar-refractivity contribution in [2.24, 2.45) is 0 Å². The number of hydrogen-bond donors (Lipinski definition) is 1. The standard InChI is InChI=1S/C34H43N3O5S/c1-25-19-20-32(42-3)30(21-25)37(43(4,40)41)24-33(38)36(23-28-16-12-11-13-26(28)2)31(22-27-14-7-5-8-15-27)34(39)35-29-17-9-6-10-18-29/h5,7-8,11-16,19-21,29,31H,6,9-10,17-18,22-24H2,1-4H3,(H,35,39)/t31-/m0/s1. The highest BCUT2D eigenvalue weighted by molar-refractivity contribution is 7.92. The van der Waals surface area contributed by atoms with Crippen molar-refractivity contribution in [3.63, 3.8) is 0 Å². The minimum Gasteiger partial charge on any atom is -0.495 e. The second kappa shape index (κ2) is 14.6. The van der Waals surface area contributed by atoms with Gasteiger partial charge in [0.2, 0.25) is 21.8 Å². The topological polar surface area (TPSA) is 96.0 Å². The zero-order chi connectivity index (χ0) is 31.0. The number of carbonyl (C=O) groups excluding carboxylic acids is 2. The molecule has 4 rings (SSSR count). The van der Waals surface area contributed by atoms with E-state index in [9.17, 15) is 18.0 Å². The van der Waals surface area contributed by atoms with E-state index >= 15 is 0 Å². The van der Waals surface area contributed by atoms with E-state index in [1.54, 1.807) is 17.0 Å². The number of ether oxygens (including phenoxy) is 1. The highest BCUT2D eigenvalue weighted by atomic mass is 32.2. The molecule has 0 radical (unpaired) electrons. The lowest BCUT2D eigenvalue weighted by molar-refractivity contribution is -0.140. The van der Waals surface area contributed by atoms with Crippen molar-refractivity contribution < 1.29 is 22.7 Å². The summed E-state index contributed by atoms with van der Waals surface area (Å²) in [6.45, 7) is 3.49. The summed E-state index contributed by atoms with van der Waals surface area (Å²) in [5.74, 6) is -0.362. The average Bonchev–Trinajstić information content (AvgIpc) is 2.99. The van der Waals surface area contributed by atoms with Gasteiger partial charge in [-0.05, 0) is 61.1 Å². The monoisotopic (exact) mass is 605 g/mol. The minimum atomic E-state index is -3.90. The quantitative estimate of drug-likeness (QED) is 0.308. The molecule has 1 aliphatic carbocycles. The van der Waals surface area contributed by atoms with Gasteiger partial charge in [0.05, 0.1) is 19.1 Å². The Morgan fingerprint density at radius 2 is 1.63 bits per heavy atom. The molecule has 0 spiro atoms. The summed E-state index contributed by atoms with van der Waals surface area (Å²) < 4.78 is 32.9. The SMILES string of the molecule is COc1ccc(C)cc1N(CC(=O)N(Cc1ccccc1C)[C@@H](Cc1ccccc1)C(=O)NC1CCCCC1)S(C)(=O)=O. The first kappa shape index (κ1) is 32.1. The fourth-order valence-corrected chi connectivity index (χ4v) is 6.50. The Morgan fingerprint density at radius 3 is 2.28 bits per heavy atom. The molecule has 2 amide bonds. The van der Waals surface area contributed by atoms with Crippen LogP contribution in [0.15, 0.2) is 72.8 Å². The van der Waals surface area contributed by atoms with Crippen molar-refractivity contribution in [2.45, 2.75) is 71.0 Å². The van der Waals surface area contributed by atoms with Crippen LogP contribution in [0.4, 0.5) is 5.69 Å². The van der Waals surface area contributed by atoms with Crippen LogP contribution >= 0.6 is 0 Å². The van der Waals surface area contributed by atoms with Gasteiger partial charge in [0.1, 0.15) is 18.3 Å². The molecule has 0 unspecified atom stereocenters. The lowest BCUT2D eigenvalue weighted by Gasteiger charge is -2.35. The fraction of sp³-hybridized carbons (Fsp3) is 0.412. The summed E-state index contributed by atoms with van der Waals surface area (Å²) in [6, 6.07) is 21.8. The molecular weight excluding hydrogens is 562 g/mol. The molecule has 43 heavy (non-hydrogen) atoms. The number of amides is 2. The van der Waals surface area contributed by atoms with Crippen molar-refractivity contribution >= 4 is 27.5 Å². The second-order valence-corrected chi connectivity index (χ2v) is 13.3. The molecule has 0 aliphatic heterocycles. The lowest BCUT2D eigenvalue weighted by atomic mass is 9.94. The zero-order valence-electron chi connectivity index (χ0n) is 25.6. The maximum atomic E-state index is 14.4. The number of sulfonamides is 1. The maximum absolute atomic E-state index is 14.4. The predicted molar refractivity (Wildman–Crippen MR) is 171 cm³/mol. The highest BCUT2D eigenvalue weighted by Crippen LogP contribution is 2.31. The largest absolute Gasteiger partial charge is 0.495 e. The molecule has 0 aromatic heterocycles. The zero-order valence-corrected chi connectivity index (χ0v) is 26.4. The van der Waals surface area contributed by atoms with Crippen LogP contribution in [0.1, 0.15) is 54.4 Å². The summed E-state index contributed by atoms with van der Waals surface area (Å²) in [5, 5.41) is 3.23. The highest BCUT2D eigenvalue weighted by Gasteiger charge is 2.35. The smallest absolute Gasteiger partial charge is 0.244 e. The number of hydrogen-bond acceptors (Lipinski definition) is 5. The van der Waals surface area contributed by atoms with E-state index in [0.717, 1.165) is 64.9 Å². The van der Waals surface area contributed by atoms with Crippen LogP contribution in [0.2, 0.25) is 0 Å². The lowest BCUT2D eigenvalue weighted by Crippen LogP contribution is -2.55. The number of aryl methyl sites for hydroxylation is 2. The van der Waals surface area contributed by atoms with E-state index in [4.69, 9.17) is 4.74 Å². The van der Waals surface area contributed by atoms with E-state index in [-0.39, 0.29) is 24.2 Å². The molecule has 1 saturated carbocycles. The molecule has 1 aliphatic rings. The van der Waals surface area contributed by atoms with Crippen LogP contribution < -0.4 is 14.4 Å². The van der Waals surface area contributed by atoms with Gasteiger partial charge in [-0.25, -0.2) is 8.42 Å². The molecule has 1 fully saturated rings.